The van der Waals surface area contributed by atoms with Crippen molar-refractivity contribution in [1.82, 2.24) is 9.21 Å². The lowest BCUT2D eigenvalue weighted by Crippen LogP contribution is -2.54. The third-order valence-corrected chi connectivity index (χ3v) is 9.95. The summed E-state index contributed by atoms with van der Waals surface area (Å²) in [6, 6.07) is 5.16. The zero-order valence-corrected chi connectivity index (χ0v) is 21.3. The molecule has 1 aromatic carbocycles. The first-order chi connectivity index (χ1) is 16.9. The summed E-state index contributed by atoms with van der Waals surface area (Å²) < 4.78 is 86.9. The maximum absolute atomic E-state index is 13.5. The van der Waals surface area contributed by atoms with Gasteiger partial charge >= 0.3 is 12.3 Å². The molecule has 4 rings (SSSR count). The molecule has 2 fully saturated rings. The molecule has 0 bridgehead atoms. The molecule has 1 atom stereocenters. The Kier molecular flexibility index (Phi) is 7.40. The average Bonchev–Trinajstić information content (AvgIpc) is 3.34. The number of rotatable bonds is 4. The fraction of sp³-hybridized carbons (Fsp3) is 0.500. The predicted molar refractivity (Wildman–Crippen MR) is 127 cm³/mol. The number of alkyl halides is 3. The van der Waals surface area contributed by atoms with Gasteiger partial charge in [-0.05, 0) is 37.3 Å². The molecule has 2 aliphatic rings. The van der Waals surface area contributed by atoms with Crippen molar-refractivity contribution in [2.45, 2.75) is 23.4 Å². The first-order valence-electron chi connectivity index (χ1n) is 11.2. The lowest BCUT2D eigenvalue weighted by atomic mass is 10.1. The second-order valence-electron chi connectivity index (χ2n) is 8.61. The molecule has 3 heterocycles. The molecule has 8 nitrogen and oxygen atoms in total. The van der Waals surface area contributed by atoms with Crippen molar-refractivity contribution in [3.05, 3.63) is 41.7 Å². The molecule has 0 unspecified atom stereocenters. The third-order valence-electron chi connectivity index (χ3n) is 6.33. The number of piperazine rings is 2. The lowest BCUT2D eigenvalue weighted by Gasteiger charge is -2.40. The molecule has 2 saturated heterocycles. The number of hydrogen-bond donors (Lipinski definition) is 0. The smallest absolute Gasteiger partial charge is 0.418 e. The highest BCUT2D eigenvalue weighted by atomic mass is 32.2. The van der Waals surface area contributed by atoms with Crippen LogP contribution in [-0.2, 0) is 20.9 Å². The number of carbonyl (C=O) groups is 1. The van der Waals surface area contributed by atoms with Crippen molar-refractivity contribution in [1.29, 1.82) is 0 Å². The number of amides is 1. The van der Waals surface area contributed by atoms with Crippen LogP contribution in [0, 0.1) is 5.82 Å². The molecule has 0 spiro atoms. The van der Waals surface area contributed by atoms with Crippen molar-refractivity contribution in [2.75, 3.05) is 62.7 Å². The summed E-state index contributed by atoms with van der Waals surface area (Å²) in [5, 5.41) is 0.755. The van der Waals surface area contributed by atoms with Crippen LogP contribution >= 0.6 is 11.3 Å². The first-order valence-corrected chi connectivity index (χ1v) is 13.5. The van der Waals surface area contributed by atoms with Crippen LogP contribution in [-0.4, -0.2) is 82.7 Å². The van der Waals surface area contributed by atoms with E-state index in [0.717, 1.165) is 28.5 Å². The standard InChI is InChI=1S/C22H26F4N4O4S2/c1-15-14-29(18-4-3-16(23)13-17(18)22(24,25)26)11-12-30(15)36(32,33)20-6-5-19(35-20)27-7-9-28(10-8-27)21(31)34-2/h3-6,13,15H,7-12,14H2,1-2H3/t15-/m1/s1. The third kappa shape index (κ3) is 5.25. The molecule has 1 aromatic heterocycles. The van der Waals surface area contributed by atoms with E-state index in [0.29, 0.717) is 32.2 Å². The van der Waals surface area contributed by atoms with Crippen LogP contribution in [0.5, 0.6) is 0 Å². The molecule has 0 aliphatic carbocycles. The molecule has 198 valence electrons. The summed E-state index contributed by atoms with van der Waals surface area (Å²) in [4.78, 5) is 16.7. The number of sulfonamides is 1. The molecule has 2 aliphatic heterocycles. The Morgan fingerprint density at radius 3 is 2.31 bits per heavy atom. The number of anilines is 2. The van der Waals surface area contributed by atoms with Gasteiger partial charge in [0.2, 0.25) is 0 Å². The Bertz CT molecular complexity index is 1210. The summed E-state index contributed by atoms with van der Waals surface area (Å²) in [6.45, 7) is 3.66. The molecule has 2 aromatic rings. The van der Waals surface area contributed by atoms with Crippen molar-refractivity contribution in [3.63, 3.8) is 0 Å². The minimum atomic E-state index is -4.74. The normalized spacial score (nSPS) is 20.1. The van der Waals surface area contributed by atoms with E-state index in [2.05, 4.69) is 0 Å². The van der Waals surface area contributed by atoms with E-state index in [1.54, 1.807) is 17.9 Å². The highest BCUT2D eigenvalue weighted by Gasteiger charge is 2.39. The number of benzene rings is 1. The highest BCUT2D eigenvalue weighted by molar-refractivity contribution is 7.91. The van der Waals surface area contributed by atoms with E-state index >= 15 is 0 Å². The van der Waals surface area contributed by atoms with Crippen LogP contribution < -0.4 is 9.80 Å². The number of ether oxygens (including phenoxy) is 1. The second kappa shape index (κ2) is 10.1. The van der Waals surface area contributed by atoms with Gasteiger partial charge in [0.25, 0.3) is 10.0 Å². The Balaban J connectivity index is 1.46. The van der Waals surface area contributed by atoms with Crippen LogP contribution in [0.3, 0.4) is 0 Å². The van der Waals surface area contributed by atoms with E-state index in [-0.39, 0.29) is 29.5 Å². The number of thiophene rings is 1. The summed E-state index contributed by atoms with van der Waals surface area (Å²) in [5.41, 5.74) is -1.25. The Morgan fingerprint density at radius 2 is 1.69 bits per heavy atom. The molecular weight excluding hydrogens is 524 g/mol. The zero-order valence-electron chi connectivity index (χ0n) is 19.7. The van der Waals surface area contributed by atoms with Gasteiger partial charge in [-0.25, -0.2) is 17.6 Å². The second-order valence-corrected chi connectivity index (χ2v) is 11.8. The predicted octanol–water partition coefficient (Wildman–Crippen LogP) is 3.69. The van der Waals surface area contributed by atoms with Crippen molar-refractivity contribution >= 4 is 38.1 Å². The largest absolute Gasteiger partial charge is 0.453 e. The van der Waals surface area contributed by atoms with Gasteiger partial charge in [0.1, 0.15) is 10.0 Å². The topological polar surface area (TPSA) is 73.4 Å². The van der Waals surface area contributed by atoms with Gasteiger partial charge in [0.05, 0.1) is 17.7 Å². The van der Waals surface area contributed by atoms with Gasteiger partial charge in [-0.3, -0.25) is 0 Å². The van der Waals surface area contributed by atoms with Gasteiger partial charge in [-0.2, -0.15) is 17.5 Å². The highest BCUT2D eigenvalue weighted by Crippen LogP contribution is 2.39. The fourth-order valence-electron chi connectivity index (χ4n) is 4.50. The number of hydrogen-bond acceptors (Lipinski definition) is 7. The van der Waals surface area contributed by atoms with Crippen molar-refractivity contribution in [3.8, 4) is 0 Å². The van der Waals surface area contributed by atoms with Crippen LogP contribution in [0.1, 0.15) is 12.5 Å². The Hall–Kier alpha value is -2.58. The van der Waals surface area contributed by atoms with Crippen LogP contribution in [0.4, 0.5) is 33.0 Å². The van der Waals surface area contributed by atoms with E-state index in [4.69, 9.17) is 4.74 Å². The average molecular weight is 551 g/mol. The maximum atomic E-state index is 13.5. The number of methoxy groups -OCH3 is 1. The van der Waals surface area contributed by atoms with Crippen molar-refractivity contribution < 1.29 is 35.5 Å². The maximum Gasteiger partial charge on any atom is 0.418 e. The monoisotopic (exact) mass is 550 g/mol. The Morgan fingerprint density at radius 1 is 1.03 bits per heavy atom. The van der Waals surface area contributed by atoms with Gasteiger partial charge < -0.3 is 19.4 Å². The summed E-state index contributed by atoms with van der Waals surface area (Å²) in [5.74, 6) is -0.986. The molecule has 14 heteroatoms. The summed E-state index contributed by atoms with van der Waals surface area (Å²) >= 11 is 1.12. The number of nitrogens with zero attached hydrogens (tertiary/aromatic N) is 4. The first kappa shape index (κ1) is 26.5. The molecule has 0 radical (unpaired) electrons. The summed E-state index contributed by atoms with van der Waals surface area (Å²) in [6.07, 6.45) is -5.14. The molecule has 0 saturated carbocycles. The van der Waals surface area contributed by atoms with E-state index in [1.807, 2.05) is 4.90 Å². The fourth-order valence-corrected chi connectivity index (χ4v) is 7.59. The minimum absolute atomic E-state index is 0.0107. The van der Waals surface area contributed by atoms with Gasteiger partial charge in [0, 0.05) is 57.5 Å². The SMILES string of the molecule is COC(=O)N1CCN(c2ccc(S(=O)(=O)N3CCN(c4ccc(F)cc4C(F)(F)F)C[C@H]3C)s2)CC1. The van der Waals surface area contributed by atoms with Crippen LogP contribution in [0.25, 0.3) is 0 Å². The van der Waals surface area contributed by atoms with Crippen LogP contribution in [0.15, 0.2) is 34.5 Å². The molecule has 36 heavy (non-hydrogen) atoms. The van der Waals surface area contributed by atoms with E-state index in [1.165, 1.54) is 22.4 Å². The van der Waals surface area contributed by atoms with E-state index < -0.39 is 39.7 Å². The molecular formula is C22H26F4N4O4S2. The minimum Gasteiger partial charge on any atom is -0.453 e. The van der Waals surface area contributed by atoms with Crippen LogP contribution in [0.2, 0.25) is 0 Å². The van der Waals surface area contributed by atoms with E-state index in [9.17, 15) is 30.8 Å². The van der Waals surface area contributed by atoms with Crippen molar-refractivity contribution in [2.24, 2.45) is 0 Å². The molecule has 1 amide bonds. The lowest BCUT2D eigenvalue weighted by molar-refractivity contribution is -0.137. The number of carbonyl (C=O) groups excluding carboxylic acids is 1. The quantitative estimate of drug-likeness (QED) is 0.541. The Labute approximate surface area is 210 Å². The molecule has 0 N–H and O–H groups in total. The number of halogens is 4. The summed E-state index contributed by atoms with van der Waals surface area (Å²) in [7, 11) is -2.56. The van der Waals surface area contributed by atoms with Gasteiger partial charge in [0.15, 0.2) is 0 Å². The zero-order chi connectivity index (χ0) is 26.3. The van der Waals surface area contributed by atoms with Gasteiger partial charge in [-0.1, -0.05) is 0 Å². The van der Waals surface area contributed by atoms with Gasteiger partial charge in [-0.15, -0.1) is 11.3 Å².